The molecule has 5 atom stereocenters. The number of likely N-dealkylation sites (tertiary alicyclic amines) is 1. The van der Waals surface area contributed by atoms with Crippen LogP contribution in [0.25, 0.3) is 0 Å². The van der Waals surface area contributed by atoms with Crippen LogP contribution in [0.15, 0.2) is 0 Å². The van der Waals surface area contributed by atoms with Gasteiger partial charge in [-0.15, -0.1) is 0 Å². The maximum absolute atomic E-state index is 13.8. The van der Waals surface area contributed by atoms with E-state index in [-0.39, 0.29) is 17.6 Å². The van der Waals surface area contributed by atoms with Crippen LogP contribution in [0.5, 0.6) is 0 Å². The van der Waals surface area contributed by atoms with Crippen LogP contribution in [0.3, 0.4) is 0 Å². The Labute approximate surface area is 236 Å². The number of primary amides is 1. The third-order valence-corrected chi connectivity index (χ3v) is 10.5. The Balaban J connectivity index is 1.73. The van der Waals surface area contributed by atoms with Crippen LogP contribution < -0.4 is 21.7 Å². The number of hydrogen-bond acceptors (Lipinski definition) is 7. The standard InChI is InChI=1S/C27H45N5O7S/c1-15(2)20(19-9-7-13-40(19,38)39)30-26(37)31-22(27(3,4)5)25(36)32-12-6-8-18(32)24(35)29-17(14-16-10-11-16)21(33)23(28)34/h15-20,22H,6-14H2,1-5H3,(H2,28,34)(H,29,35)(H2,30,31,37)/t17?,18?,19?,20?,22-/m1/s1. The van der Waals surface area contributed by atoms with Crippen LogP contribution in [-0.2, 0) is 29.0 Å². The van der Waals surface area contributed by atoms with Crippen molar-refractivity contribution in [3.8, 4) is 0 Å². The van der Waals surface area contributed by atoms with Gasteiger partial charge in [0.25, 0.3) is 5.91 Å². The first kappa shape index (κ1) is 31.8. The third-order valence-electron chi connectivity index (χ3n) is 8.16. The van der Waals surface area contributed by atoms with Crippen molar-refractivity contribution >= 4 is 39.4 Å². The SMILES string of the molecule is CC(C)C(NC(=O)N[C@H](C(=O)N1CCCC1C(=O)NC(CC1CC1)C(=O)C(N)=O)C(C)(C)C)C1CCCS1(=O)=O. The first-order valence-corrected chi connectivity index (χ1v) is 16.0. The lowest BCUT2D eigenvalue weighted by molar-refractivity contribution is -0.143. The number of nitrogens with one attached hydrogen (secondary N) is 3. The van der Waals surface area contributed by atoms with Gasteiger partial charge in [0, 0.05) is 12.6 Å². The number of sulfone groups is 1. The van der Waals surface area contributed by atoms with Crippen LogP contribution in [0, 0.1) is 17.3 Å². The summed E-state index contributed by atoms with van der Waals surface area (Å²) in [4.78, 5) is 65.5. The second-order valence-electron chi connectivity index (χ2n) is 12.9. The van der Waals surface area contributed by atoms with Crippen LogP contribution in [0.1, 0.15) is 79.6 Å². The number of nitrogens with two attached hydrogens (primary N) is 1. The van der Waals surface area contributed by atoms with Gasteiger partial charge in [-0.05, 0) is 49.4 Å². The number of amides is 5. The zero-order chi connectivity index (χ0) is 30.0. The molecule has 0 bridgehead atoms. The molecule has 1 saturated carbocycles. The zero-order valence-corrected chi connectivity index (χ0v) is 25.0. The number of carbonyl (C=O) groups excluding carboxylic acids is 5. The summed E-state index contributed by atoms with van der Waals surface area (Å²) in [6.07, 6.45) is 4.10. The molecule has 4 unspecified atom stereocenters. The molecule has 3 rings (SSSR count). The highest BCUT2D eigenvalue weighted by Crippen LogP contribution is 2.34. The number of ketones is 1. The Kier molecular flexibility index (Phi) is 9.90. The molecule has 0 aromatic rings. The molecule has 0 aromatic heterocycles. The lowest BCUT2D eigenvalue weighted by Crippen LogP contribution is -2.61. The van der Waals surface area contributed by atoms with Gasteiger partial charge in [-0.2, -0.15) is 0 Å². The van der Waals surface area contributed by atoms with Gasteiger partial charge in [0.2, 0.25) is 17.6 Å². The molecule has 2 heterocycles. The normalized spacial score (nSPS) is 24.7. The summed E-state index contributed by atoms with van der Waals surface area (Å²) < 4.78 is 25.1. The van der Waals surface area contributed by atoms with Crippen LogP contribution in [0.4, 0.5) is 4.79 Å². The molecular weight excluding hydrogens is 538 g/mol. The molecule has 3 aliphatic rings. The molecule has 2 saturated heterocycles. The summed E-state index contributed by atoms with van der Waals surface area (Å²) in [5, 5.41) is 7.54. The molecule has 3 fully saturated rings. The lowest BCUT2D eigenvalue weighted by atomic mass is 9.85. The highest BCUT2D eigenvalue weighted by molar-refractivity contribution is 7.92. The van der Waals surface area contributed by atoms with Crippen molar-refractivity contribution in [2.75, 3.05) is 12.3 Å². The van der Waals surface area contributed by atoms with Crippen molar-refractivity contribution in [3.05, 3.63) is 0 Å². The van der Waals surface area contributed by atoms with E-state index in [0.29, 0.717) is 38.6 Å². The summed E-state index contributed by atoms with van der Waals surface area (Å²) in [6.45, 7) is 9.35. The lowest BCUT2D eigenvalue weighted by Gasteiger charge is -2.36. The number of Topliss-reactive ketones (excluding diaryl/α,β-unsaturated/α-hetero) is 1. The predicted molar refractivity (Wildman–Crippen MR) is 149 cm³/mol. The molecule has 40 heavy (non-hydrogen) atoms. The summed E-state index contributed by atoms with van der Waals surface area (Å²) in [6, 6.07) is -4.16. The Morgan fingerprint density at radius 2 is 1.60 bits per heavy atom. The maximum atomic E-state index is 13.8. The largest absolute Gasteiger partial charge is 0.363 e. The first-order chi connectivity index (χ1) is 18.5. The maximum Gasteiger partial charge on any atom is 0.315 e. The monoisotopic (exact) mass is 583 g/mol. The minimum atomic E-state index is -3.32. The van der Waals surface area contributed by atoms with Crippen molar-refractivity contribution in [3.63, 3.8) is 0 Å². The van der Waals surface area contributed by atoms with Crippen molar-refractivity contribution in [2.24, 2.45) is 23.0 Å². The molecular formula is C27H45N5O7S. The summed E-state index contributed by atoms with van der Waals surface area (Å²) in [7, 11) is -3.32. The van der Waals surface area contributed by atoms with Gasteiger partial charge in [0.05, 0.1) is 17.0 Å². The van der Waals surface area contributed by atoms with E-state index in [2.05, 4.69) is 16.0 Å². The van der Waals surface area contributed by atoms with Crippen molar-refractivity contribution in [1.82, 2.24) is 20.9 Å². The van der Waals surface area contributed by atoms with E-state index in [1.165, 1.54) is 4.90 Å². The predicted octanol–water partition coefficient (Wildman–Crippen LogP) is 0.632. The molecule has 2 aliphatic heterocycles. The number of hydrogen-bond donors (Lipinski definition) is 4. The average molecular weight is 584 g/mol. The fourth-order valence-corrected chi connectivity index (χ4v) is 7.93. The molecule has 226 valence electrons. The molecule has 0 spiro atoms. The molecule has 13 heteroatoms. The van der Waals surface area contributed by atoms with E-state index < -0.39 is 74.2 Å². The van der Waals surface area contributed by atoms with E-state index in [0.717, 1.165) is 12.8 Å². The molecule has 5 N–H and O–H groups in total. The van der Waals surface area contributed by atoms with Gasteiger partial charge in [-0.3, -0.25) is 19.2 Å². The Bertz CT molecular complexity index is 1110. The average Bonchev–Trinajstić information content (AvgIpc) is 3.39. The van der Waals surface area contributed by atoms with Crippen molar-refractivity contribution in [1.29, 1.82) is 0 Å². The van der Waals surface area contributed by atoms with Gasteiger partial charge >= 0.3 is 6.03 Å². The first-order valence-electron chi connectivity index (χ1n) is 14.3. The van der Waals surface area contributed by atoms with Crippen LogP contribution in [-0.4, -0.2) is 84.6 Å². The molecule has 12 nitrogen and oxygen atoms in total. The summed E-state index contributed by atoms with van der Waals surface area (Å²) in [5.41, 5.74) is 4.46. The Morgan fingerprint density at radius 1 is 0.950 bits per heavy atom. The molecule has 1 aliphatic carbocycles. The topological polar surface area (TPSA) is 185 Å². The minimum absolute atomic E-state index is 0.0955. The summed E-state index contributed by atoms with van der Waals surface area (Å²) >= 11 is 0. The highest BCUT2D eigenvalue weighted by atomic mass is 32.2. The Morgan fingerprint density at radius 3 is 2.10 bits per heavy atom. The van der Waals surface area contributed by atoms with E-state index in [9.17, 15) is 32.4 Å². The number of rotatable bonds is 11. The minimum Gasteiger partial charge on any atom is -0.363 e. The smallest absolute Gasteiger partial charge is 0.315 e. The van der Waals surface area contributed by atoms with E-state index >= 15 is 0 Å². The number of nitrogens with zero attached hydrogens (tertiary/aromatic N) is 1. The number of urea groups is 1. The zero-order valence-electron chi connectivity index (χ0n) is 24.2. The van der Waals surface area contributed by atoms with Gasteiger partial charge in [-0.1, -0.05) is 47.5 Å². The highest BCUT2D eigenvalue weighted by Gasteiger charge is 2.44. The van der Waals surface area contributed by atoms with E-state index in [1.807, 2.05) is 13.8 Å². The fraction of sp³-hybridized carbons (Fsp3) is 0.815. The van der Waals surface area contributed by atoms with Crippen LogP contribution in [0.2, 0.25) is 0 Å². The van der Waals surface area contributed by atoms with E-state index in [1.54, 1.807) is 20.8 Å². The van der Waals surface area contributed by atoms with Crippen LogP contribution >= 0.6 is 0 Å². The van der Waals surface area contributed by atoms with Gasteiger partial charge in [0.15, 0.2) is 9.84 Å². The van der Waals surface area contributed by atoms with Gasteiger partial charge in [0.1, 0.15) is 12.1 Å². The van der Waals surface area contributed by atoms with Crippen molar-refractivity contribution in [2.45, 2.75) is 109 Å². The molecule has 5 amide bonds. The summed E-state index contributed by atoms with van der Waals surface area (Å²) in [5.74, 6) is -2.76. The number of carbonyl (C=O) groups is 5. The second-order valence-corrected chi connectivity index (χ2v) is 15.2. The quantitative estimate of drug-likeness (QED) is 0.257. The third kappa shape index (κ3) is 7.73. The van der Waals surface area contributed by atoms with Gasteiger partial charge in [-0.25, -0.2) is 13.2 Å². The fourth-order valence-electron chi connectivity index (χ4n) is 5.71. The second kappa shape index (κ2) is 12.4. The van der Waals surface area contributed by atoms with Crippen molar-refractivity contribution < 1.29 is 32.4 Å². The molecule has 0 radical (unpaired) electrons. The van der Waals surface area contributed by atoms with E-state index in [4.69, 9.17) is 5.73 Å². The van der Waals surface area contributed by atoms with Gasteiger partial charge < -0.3 is 26.6 Å². The molecule has 0 aromatic carbocycles. The Hall–Kier alpha value is -2.70.